The van der Waals surface area contributed by atoms with Gasteiger partial charge in [0.05, 0.1) is 11.9 Å². The van der Waals surface area contributed by atoms with Crippen LogP contribution in [-0.4, -0.2) is 11.3 Å². The standard InChI is InChI=1S/C14H14N2O/c1-11-6-8-13(9-7-11)16-15-10-12-4-2-3-5-14(12)17/h2-10,16-17H,1H3/b15-10-. The van der Waals surface area contributed by atoms with Crippen molar-refractivity contribution in [3.8, 4) is 5.75 Å². The first-order valence-corrected chi connectivity index (χ1v) is 5.39. The maximum absolute atomic E-state index is 9.53. The van der Waals surface area contributed by atoms with E-state index in [4.69, 9.17) is 0 Å². The molecule has 3 nitrogen and oxygen atoms in total. The van der Waals surface area contributed by atoms with Gasteiger partial charge in [0, 0.05) is 5.56 Å². The van der Waals surface area contributed by atoms with E-state index in [9.17, 15) is 5.11 Å². The third kappa shape index (κ3) is 3.08. The summed E-state index contributed by atoms with van der Waals surface area (Å²) >= 11 is 0. The normalized spacial score (nSPS) is 10.6. The van der Waals surface area contributed by atoms with Gasteiger partial charge in [0.25, 0.3) is 0 Å². The van der Waals surface area contributed by atoms with Gasteiger partial charge in [-0.15, -0.1) is 0 Å². The SMILES string of the molecule is Cc1ccc(N/N=C\c2ccccc2O)cc1. The van der Waals surface area contributed by atoms with Crippen LogP contribution in [0.4, 0.5) is 5.69 Å². The summed E-state index contributed by atoms with van der Waals surface area (Å²) in [5.41, 5.74) is 5.72. The van der Waals surface area contributed by atoms with E-state index >= 15 is 0 Å². The van der Waals surface area contributed by atoms with Crippen molar-refractivity contribution in [1.82, 2.24) is 0 Å². The lowest BCUT2D eigenvalue weighted by atomic mass is 10.2. The van der Waals surface area contributed by atoms with Crippen LogP contribution >= 0.6 is 0 Å². The van der Waals surface area contributed by atoms with Crippen molar-refractivity contribution >= 4 is 11.9 Å². The molecule has 2 aromatic rings. The van der Waals surface area contributed by atoms with Crippen LogP contribution < -0.4 is 5.43 Å². The molecule has 0 heterocycles. The molecule has 0 radical (unpaired) electrons. The van der Waals surface area contributed by atoms with Gasteiger partial charge >= 0.3 is 0 Å². The number of aromatic hydroxyl groups is 1. The number of anilines is 1. The molecule has 0 amide bonds. The second kappa shape index (κ2) is 5.16. The first kappa shape index (κ1) is 11.2. The molecular weight excluding hydrogens is 212 g/mol. The molecule has 0 saturated carbocycles. The Morgan fingerprint density at radius 1 is 1.06 bits per heavy atom. The lowest BCUT2D eigenvalue weighted by Gasteiger charge is -2.01. The number of nitrogens with zero attached hydrogens (tertiary/aromatic N) is 1. The van der Waals surface area contributed by atoms with E-state index < -0.39 is 0 Å². The quantitative estimate of drug-likeness (QED) is 0.623. The summed E-state index contributed by atoms with van der Waals surface area (Å²) in [4.78, 5) is 0. The number of benzene rings is 2. The second-order valence-electron chi connectivity index (χ2n) is 3.79. The molecule has 86 valence electrons. The van der Waals surface area contributed by atoms with E-state index in [0.29, 0.717) is 5.56 Å². The molecule has 17 heavy (non-hydrogen) atoms. The molecule has 0 bridgehead atoms. The fourth-order valence-electron chi connectivity index (χ4n) is 1.40. The molecule has 0 aliphatic carbocycles. The van der Waals surface area contributed by atoms with Gasteiger partial charge in [0.15, 0.2) is 0 Å². The Bertz CT molecular complexity index is 518. The summed E-state index contributed by atoms with van der Waals surface area (Å²) in [6, 6.07) is 15.0. The van der Waals surface area contributed by atoms with Crippen LogP contribution in [-0.2, 0) is 0 Å². The van der Waals surface area contributed by atoms with Crippen molar-refractivity contribution in [3.63, 3.8) is 0 Å². The van der Waals surface area contributed by atoms with E-state index in [-0.39, 0.29) is 5.75 Å². The van der Waals surface area contributed by atoms with Crippen molar-refractivity contribution < 1.29 is 5.11 Å². The first-order valence-electron chi connectivity index (χ1n) is 5.39. The second-order valence-corrected chi connectivity index (χ2v) is 3.79. The fourth-order valence-corrected chi connectivity index (χ4v) is 1.40. The summed E-state index contributed by atoms with van der Waals surface area (Å²) in [5.74, 6) is 0.224. The number of hydrogen-bond donors (Lipinski definition) is 2. The zero-order valence-electron chi connectivity index (χ0n) is 9.59. The highest BCUT2D eigenvalue weighted by Gasteiger charge is 1.94. The number of para-hydroxylation sites is 1. The van der Waals surface area contributed by atoms with E-state index in [1.165, 1.54) is 5.56 Å². The maximum atomic E-state index is 9.53. The average molecular weight is 226 g/mol. The third-order valence-electron chi connectivity index (χ3n) is 2.39. The number of phenols is 1. The Kier molecular flexibility index (Phi) is 3.40. The molecule has 0 spiro atoms. The van der Waals surface area contributed by atoms with Gasteiger partial charge < -0.3 is 5.11 Å². The number of hydrazone groups is 1. The summed E-state index contributed by atoms with van der Waals surface area (Å²) in [5, 5.41) is 13.6. The lowest BCUT2D eigenvalue weighted by Crippen LogP contribution is -1.90. The predicted octanol–water partition coefficient (Wildman–Crippen LogP) is 3.15. The number of hydrogen-bond acceptors (Lipinski definition) is 3. The minimum Gasteiger partial charge on any atom is -0.507 e. The minimum absolute atomic E-state index is 0.224. The number of rotatable bonds is 3. The number of aryl methyl sites for hydroxylation is 1. The molecule has 0 fully saturated rings. The molecule has 0 aromatic heterocycles. The molecule has 2 aromatic carbocycles. The Hall–Kier alpha value is -2.29. The molecule has 0 aliphatic rings. The van der Waals surface area contributed by atoms with Crippen molar-refractivity contribution in [2.75, 3.05) is 5.43 Å². The van der Waals surface area contributed by atoms with Crippen LogP contribution in [0.5, 0.6) is 5.75 Å². The molecule has 3 heteroatoms. The molecule has 0 aliphatic heterocycles. The van der Waals surface area contributed by atoms with E-state index in [2.05, 4.69) is 10.5 Å². The average Bonchev–Trinajstić information content (AvgIpc) is 2.34. The summed E-state index contributed by atoms with van der Waals surface area (Å²) in [6.07, 6.45) is 1.59. The molecule has 0 saturated heterocycles. The van der Waals surface area contributed by atoms with Gasteiger partial charge in [-0.2, -0.15) is 5.10 Å². The molecular formula is C14H14N2O. The smallest absolute Gasteiger partial charge is 0.124 e. The molecule has 0 atom stereocenters. The van der Waals surface area contributed by atoms with Crippen molar-refractivity contribution in [2.24, 2.45) is 5.10 Å². The largest absolute Gasteiger partial charge is 0.507 e. The van der Waals surface area contributed by atoms with Crippen molar-refractivity contribution in [1.29, 1.82) is 0 Å². The van der Waals surface area contributed by atoms with Crippen LogP contribution in [0.25, 0.3) is 0 Å². The zero-order chi connectivity index (χ0) is 12.1. The zero-order valence-corrected chi connectivity index (χ0v) is 9.59. The summed E-state index contributed by atoms with van der Waals surface area (Å²) in [7, 11) is 0. The number of phenolic OH excluding ortho intramolecular Hbond substituents is 1. The van der Waals surface area contributed by atoms with Crippen molar-refractivity contribution in [3.05, 3.63) is 59.7 Å². The topological polar surface area (TPSA) is 44.6 Å². The lowest BCUT2D eigenvalue weighted by molar-refractivity contribution is 0.474. The predicted molar refractivity (Wildman–Crippen MR) is 70.5 cm³/mol. The van der Waals surface area contributed by atoms with Gasteiger partial charge in [-0.3, -0.25) is 5.43 Å². The third-order valence-corrected chi connectivity index (χ3v) is 2.39. The number of nitrogens with one attached hydrogen (secondary N) is 1. The Labute approximate surface area is 100 Å². The van der Waals surface area contributed by atoms with E-state index in [1.54, 1.807) is 24.4 Å². The highest BCUT2D eigenvalue weighted by molar-refractivity contribution is 5.83. The van der Waals surface area contributed by atoms with E-state index in [1.807, 2.05) is 37.3 Å². The highest BCUT2D eigenvalue weighted by Crippen LogP contribution is 2.13. The summed E-state index contributed by atoms with van der Waals surface area (Å²) < 4.78 is 0. The van der Waals surface area contributed by atoms with Crippen LogP contribution in [0.15, 0.2) is 53.6 Å². The van der Waals surface area contributed by atoms with Crippen LogP contribution in [0, 0.1) is 6.92 Å². The molecule has 2 rings (SSSR count). The van der Waals surface area contributed by atoms with Crippen LogP contribution in [0.1, 0.15) is 11.1 Å². The van der Waals surface area contributed by atoms with Crippen LogP contribution in [0.3, 0.4) is 0 Å². The van der Waals surface area contributed by atoms with E-state index in [0.717, 1.165) is 5.69 Å². The maximum Gasteiger partial charge on any atom is 0.124 e. The van der Waals surface area contributed by atoms with Gasteiger partial charge in [-0.25, -0.2) is 0 Å². The molecule has 0 unspecified atom stereocenters. The van der Waals surface area contributed by atoms with Gasteiger partial charge in [0.1, 0.15) is 5.75 Å². The Morgan fingerprint density at radius 2 is 1.76 bits per heavy atom. The van der Waals surface area contributed by atoms with Crippen LogP contribution in [0.2, 0.25) is 0 Å². The Morgan fingerprint density at radius 3 is 2.47 bits per heavy atom. The monoisotopic (exact) mass is 226 g/mol. The highest BCUT2D eigenvalue weighted by atomic mass is 16.3. The molecule has 2 N–H and O–H groups in total. The minimum atomic E-state index is 0.224. The Balaban J connectivity index is 2.03. The van der Waals surface area contributed by atoms with Crippen molar-refractivity contribution in [2.45, 2.75) is 6.92 Å². The van der Waals surface area contributed by atoms with Gasteiger partial charge in [-0.1, -0.05) is 29.8 Å². The first-order chi connectivity index (χ1) is 8.25. The van der Waals surface area contributed by atoms with Gasteiger partial charge in [-0.05, 0) is 31.2 Å². The van der Waals surface area contributed by atoms with Gasteiger partial charge in [0.2, 0.25) is 0 Å². The fraction of sp³-hybridized carbons (Fsp3) is 0.0714. The summed E-state index contributed by atoms with van der Waals surface area (Å²) in [6.45, 7) is 2.04.